The average Bonchev–Trinajstić information content (AvgIpc) is 3.18. The molecule has 1 aliphatic carbocycles. The topological polar surface area (TPSA) is 12.5 Å². The number of hydrogen-bond donors (Lipinski definition) is 0. The molecule has 0 bridgehead atoms. The van der Waals surface area contributed by atoms with Crippen molar-refractivity contribution in [2.24, 2.45) is 0 Å². The zero-order valence-corrected chi connectivity index (χ0v) is 23.9. The molecule has 0 fully saturated rings. The van der Waals surface area contributed by atoms with Gasteiger partial charge in [0.2, 0.25) is 0 Å². The van der Waals surface area contributed by atoms with E-state index in [1.807, 2.05) is 6.92 Å². The van der Waals surface area contributed by atoms with E-state index in [2.05, 4.69) is 142 Å². The standard InChI is InChI=1S/C37H39NO/c1-7-35-34(19-13-11-15-28-16-12-14-20-36(28)39-35)38(29-17-9-8-10-18-29)30-22-24-32-31(23-21-26(2)3)27(4)37(5,6)33(32)25-30/h8-14,16-25,35H,2,7,15H2,1,3-6H3/b13-11-,23-21-,34-19+. The molecule has 0 aromatic heterocycles. The van der Waals surface area contributed by atoms with Crippen LogP contribution in [0.2, 0.25) is 0 Å². The molecule has 0 radical (unpaired) electrons. The van der Waals surface area contributed by atoms with E-state index in [0.29, 0.717) is 0 Å². The minimum Gasteiger partial charge on any atom is -0.484 e. The van der Waals surface area contributed by atoms with Gasteiger partial charge >= 0.3 is 0 Å². The van der Waals surface area contributed by atoms with Crippen LogP contribution < -0.4 is 9.64 Å². The molecule has 0 N–H and O–H groups in total. The predicted octanol–water partition coefficient (Wildman–Crippen LogP) is 9.88. The van der Waals surface area contributed by atoms with Crippen LogP contribution in [0.25, 0.3) is 5.57 Å². The summed E-state index contributed by atoms with van der Waals surface area (Å²) in [5.74, 6) is 0.957. The molecule has 0 spiro atoms. The second-order valence-corrected chi connectivity index (χ2v) is 11.1. The molecule has 0 saturated heterocycles. The van der Waals surface area contributed by atoms with E-state index in [-0.39, 0.29) is 11.5 Å². The first-order valence-corrected chi connectivity index (χ1v) is 14.0. The molecule has 2 heteroatoms. The molecule has 1 aliphatic heterocycles. The molecule has 1 atom stereocenters. The number of fused-ring (bicyclic) bond motifs is 2. The van der Waals surface area contributed by atoms with Crippen LogP contribution in [0.5, 0.6) is 5.75 Å². The molecule has 1 unspecified atom stereocenters. The molecule has 3 aromatic rings. The molecule has 2 aliphatic rings. The highest BCUT2D eigenvalue weighted by molar-refractivity contribution is 5.87. The molecule has 198 valence electrons. The third kappa shape index (κ3) is 5.16. The van der Waals surface area contributed by atoms with Crippen molar-refractivity contribution in [2.75, 3.05) is 4.90 Å². The molecule has 39 heavy (non-hydrogen) atoms. The van der Waals surface area contributed by atoms with Crippen LogP contribution in [0, 0.1) is 0 Å². The van der Waals surface area contributed by atoms with Crippen molar-refractivity contribution in [3.05, 3.63) is 143 Å². The summed E-state index contributed by atoms with van der Waals surface area (Å²) in [5.41, 5.74) is 10.9. The highest BCUT2D eigenvalue weighted by atomic mass is 16.5. The van der Waals surface area contributed by atoms with Crippen molar-refractivity contribution in [3.63, 3.8) is 0 Å². The van der Waals surface area contributed by atoms with Gasteiger partial charge in [-0.05, 0) is 85.4 Å². The maximum absolute atomic E-state index is 6.75. The minimum atomic E-state index is -0.107. The second-order valence-electron chi connectivity index (χ2n) is 11.1. The van der Waals surface area contributed by atoms with Gasteiger partial charge in [0.25, 0.3) is 0 Å². The lowest BCUT2D eigenvalue weighted by Gasteiger charge is -2.34. The first-order chi connectivity index (χ1) is 18.8. The molecular formula is C37H39NO. The van der Waals surface area contributed by atoms with E-state index >= 15 is 0 Å². The largest absolute Gasteiger partial charge is 0.484 e. The molecule has 0 amide bonds. The van der Waals surface area contributed by atoms with Gasteiger partial charge in [-0.2, -0.15) is 0 Å². The van der Waals surface area contributed by atoms with E-state index in [0.717, 1.165) is 41.2 Å². The Kier molecular flexibility index (Phi) is 7.48. The predicted molar refractivity (Wildman–Crippen MR) is 167 cm³/mol. The van der Waals surface area contributed by atoms with Crippen molar-refractivity contribution in [1.29, 1.82) is 0 Å². The monoisotopic (exact) mass is 513 g/mol. The van der Waals surface area contributed by atoms with Gasteiger partial charge in [-0.25, -0.2) is 0 Å². The number of hydrogen-bond acceptors (Lipinski definition) is 2. The van der Waals surface area contributed by atoms with Crippen LogP contribution in [0.15, 0.2) is 127 Å². The lowest BCUT2D eigenvalue weighted by molar-refractivity contribution is 0.229. The van der Waals surface area contributed by atoms with Gasteiger partial charge in [0.15, 0.2) is 0 Å². The fourth-order valence-electron chi connectivity index (χ4n) is 5.61. The van der Waals surface area contributed by atoms with Crippen LogP contribution in [0.1, 0.15) is 57.7 Å². The minimum absolute atomic E-state index is 0.0747. The third-order valence-corrected chi connectivity index (χ3v) is 8.06. The van der Waals surface area contributed by atoms with E-state index in [4.69, 9.17) is 4.74 Å². The Bertz CT molecular complexity index is 1500. The van der Waals surface area contributed by atoms with Crippen molar-refractivity contribution < 1.29 is 4.74 Å². The zero-order valence-electron chi connectivity index (χ0n) is 23.9. The second kappa shape index (κ2) is 11.0. The molecule has 3 aromatic carbocycles. The van der Waals surface area contributed by atoms with Gasteiger partial charge in [0.05, 0.1) is 5.70 Å². The van der Waals surface area contributed by atoms with Crippen LogP contribution in [0.4, 0.5) is 11.4 Å². The number of rotatable bonds is 6. The first kappa shape index (κ1) is 26.6. The van der Waals surface area contributed by atoms with Gasteiger partial charge in [-0.15, -0.1) is 0 Å². The highest BCUT2D eigenvalue weighted by Gasteiger charge is 2.35. The number of ether oxygens (including phenoxy) is 1. The maximum Gasteiger partial charge on any atom is 0.139 e. The summed E-state index contributed by atoms with van der Waals surface area (Å²) in [4.78, 5) is 2.37. The summed E-state index contributed by atoms with van der Waals surface area (Å²) < 4.78 is 6.75. The summed E-state index contributed by atoms with van der Waals surface area (Å²) in [5, 5.41) is 0. The van der Waals surface area contributed by atoms with E-state index in [1.165, 1.54) is 27.8 Å². The third-order valence-electron chi connectivity index (χ3n) is 8.06. The highest BCUT2D eigenvalue weighted by Crippen LogP contribution is 2.48. The lowest BCUT2D eigenvalue weighted by atomic mass is 9.81. The summed E-state index contributed by atoms with van der Waals surface area (Å²) in [6.45, 7) is 15.2. The van der Waals surface area contributed by atoms with Crippen LogP contribution in [0.3, 0.4) is 0 Å². The Morgan fingerprint density at radius 1 is 1.03 bits per heavy atom. The summed E-state index contributed by atoms with van der Waals surface area (Å²) in [6.07, 6.45) is 12.6. The van der Waals surface area contributed by atoms with E-state index < -0.39 is 0 Å². The Hall–Kier alpha value is -4.04. The molecule has 1 heterocycles. The van der Waals surface area contributed by atoms with Crippen molar-refractivity contribution in [2.45, 2.75) is 59.0 Å². The smallest absolute Gasteiger partial charge is 0.139 e. The van der Waals surface area contributed by atoms with Crippen molar-refractivity contribution in [1.82, 2.24) is 0 Å². The van der Waals surface area contributed by atoms with Crippen LogP contribution in [-0.2, 0) is 11.8 Å². The van der Waals surface area contributed by atoms with E-state index in [9.17, 15) is 0 Å². The van der Waals surface area contributed by atoms with Gasteiger partial charge in [0.1, 0.15) is 11.9 Å². The number of allylic oxidation sites excluding steroid dienone is 8. The molecule has 0 saturated carbocycles. The van der Waals surface area contributed by atoms with Gasteiger partial charge in [-0.1, -0.05) is 105 Å². The Balaban J connectivity index is 1.65. The lowest BCUT2D eigenvalue weighted by Crippen LogP contribution is -2.30. The molecule has 2 nitrogen and oxygen atoms in total. The summed E-state index contributed by atoms with van der Waals surface area (Å²) in [7, 11) is 0. The fourth-order valence-corrected chi connectivity index (χ4v) is 5.61. The number of para-hydroxylation sites is 2. The quantitative estimate of drug-likeness (QED) is 0.304. The zero-order chi connectivity index (χ0) is 27.6. The van der Waals surface area contributed by atoms with Gasteiger partial charge < -0.3 is 9.64 Å². The first-order valence-electron chi connectivity index (χ1n) is 14.0. The normalized spacial score (nSPS) is 20.1. The Morgan fingerprint density at radius 2 is 1.77 bits per heavy atom. The maximum atomic E-state index is 6.75. The van der Waals surface area contributed by atoms with Gasteiger partial charge in [0, 0.05) is 16.8 Å². The van der Waals surface area contributed by atoms with Crippen LogP contribution >= 0.6 is 0 Å². The Morgan fingerprint density at radius 3 is 2.51 bits per heavy atom. The average molecular weight is 514 g/mol. The fraction of sp³-hybridized carbons (Fsp3) is 0.243. The SMILES string of the molecule is C=C(C)/C=C\C1=C(C)C(C)(C)c2cc(N(/C3=C/C=C\Cc4ccccc4OC3CC)c3ccccc3)ccc21. The van der Waals surface area contributed by atoms with Crippen molar-refractivity contribution in [3.8, 4) is 5.75 Å². The molecule has 5 rings (SSSR count). The number of benzene rings is 3. The summed E-state index contributed by atoms with van der Waals surface area (Å²) >= 11 is 0. The van der Waals surface area contributed by atoms with Gasteiger partial charge in [-0.3, -0.25) is 0 Å². The summed E-state index contributed by atoms with van der Waals surface area (Å²) in [6, 6.07) is 26.0. The Labute approximate surface area is 234 Å². The van der Waals surface area contributed by atoms with E-state index in [1.54, 1.807) is 0 Å². The number of anilines is 2. The van der Waals surface area contributed by atoms with Crippen LogP contribution in [-0.4, -0.2) is 6.10 Å². The number of nitrogens with zero attached hydrogens (tertiary/aromatic N) is 1. The van der Waals surface area contributed by atoms with Crippen molar-refractivity contribution >= 4 is 16.9 Å². The molecular weight excluding hydrogens is 474 g/mol.